The van der Waals surface area contributed by atoms with Crippen LogP contribution >= 0.6 is 11.3 Å². The number of hydrogen-bond donors (Lipinski definition) is 1. The summed E-state index contributed by atoms with van der Waals surface area (Å²) in [6, 6.07) is 3.67. The van der Waals surface area contributed by atoms with E-state index in [-0.39, 0.29) is 17.5 Å². The molecule has 0 aliphatic rings. The number of aryl methyl sites for hydroxylation is 1. The molecule has 3 nitrogen and oxygen atoms in total. The molecule has 0 amide bonds. The normalized spacial score (nSPS) is 14.0. The first-order valence-corrected chi connectivity index (χ1v) is 7.72. The standard InChI is InChI=1S/C10H17NO2S2/c1-2-9(11)8-15(12,13)7-5-10-4-3-6-14-10/h3-4,6,9H,2,5,7-8,11H2,1H3. The Morgan fingerprint density at radius 2 is 2.27 bits per heavy atom. The molecule has 1 aromatic heterocycles. The van der Waals surface area contributed by atoms with Crippen molar-refractivity contribution in [2.75, 3.05) is 11.5 Å². The van der Waals surface area contributed by atoms with Gasteiger partial charge in [-0.25, -0.2) is 8.42 Å². The summed E-state index contributed by atoms with van der Waals surface area (Å²) in [6.45, 7) is 1.90. The van der Waals surface area contributed by atoms with Gasteiger partial charge in [-0.05, 0) is 24.3 Å². The second-order valence-corrected chi connectivity index (χ2v) is 6.87. The predicted octanol–water partition coefficient (Wildman–Crippen LogP) is 1.44. The Hall–Kier alpha value is -0.390. The Labute approximate surface area is 95.2 Å². The molecule has 0 aliphatic heterocycles. The molecule has 1 aromatic rings. The molecule has 0 fully saturated rings. The van der Waals surface area contributed by atoms with E-state index in [1.807, 2.05) is 24.4 Å². The molecular weight excluding hydrogens is 230 g/mol. The third-order valence-electron chi connectivity index (χ3n) is 2.23. The van der Waals surface area contributed by atoms with E-state index in [1.165, 1.54) is 0 Å². The molecule has 15 heavy (non-hydrogen) atoms. The van der Waals surface area contributed by atoms with Crippen molar-refractivity contribution >= 4 is 21.2 Å². The average Bonchev–Trinajstić information content (AvgIpc) is 2.66. The van der Waals surface area contributed by atoms with E-state index in [0.29, 0.717) is 12.8 Å². The number of nitrogens with two attached hydrogens (primary N) is 1. The van der Waals surface area contributed by atoms with Gasteiger partial charge in [0.2, 0.25) is 0 Å². The third-order valence-corrected chi connectivity index (χ3v) is 4.93. The summed E-state index contributed by atoms with van der Waals surface area (Å²) in [4.78, 5) is 1.11. The average molecular weight is 247 g/mol. The van der Waals surface area contributed by atoms with Crippen LogP contribution in [0.25, 0.3) is 0 Å². The van der Waals surface area contributed by atoms with Crippen LogP contribution in [-0.4, -0.2) is 26.0 Å². The Morgan fingerprint density at radius 1 is 1.53 bits per heavy atom. The van der Waals surface area contributed by atoms with Crippen LogP contribution < -0.4 is 5.73 Å². The summed E-state index contributed by atoms with van der Waals surface area (Å²) in [5, 5.41) is 1.96. The molecule has 0 saturated carbocycles. The molecule has 1 unspecified atom stereocenters. The summed E-state index contributed by atoms with van der Waals surface area (Å²) in [5.41, 5.74) is 5.63. The monoisotopic (exact) mass is 247 g/mol. The van der Waals surface area contributed by atoms with Crippen molar-refractivity contribution in [2.24, 2.45) is 5.73 Å². The van der Waals surface area contributed by atoms with Crippen molar-refractivity contribution in [3.63, 3.8) is 0 Å². The maximum Gasteiger partial charge on any atom is 0.152 e. The van der Waals surface area contributed by atoms with E-state index in [9.17, 15) is 8.42 Å². The van der Waals surface area contributed by atoms with Crippen LogP contribution in [0.4, 0.5) is 0 Å². The van der Waals surface area contributed by atoms with Gasteiger partial charge in [0.05, 0.1) is 11.5 Å². The van der Waals surface area contributed by atoms with Gasteiger partial charge < -0.3 is 5.73 Å². The van der Waals surface area contributed by atoms with E-state index < -0.39 is 9.84 Å². The van der Waals surface area contributed by atoms with Crippen molar-refractivity contribution in [2.45, 2.75) is 25.8 Å². The van der Waals surface area contributed by atoms with Crippen LogP contribution in [0.15, 0.2) is 17.5 Å². The molecule has 86 valence electrons. The highest BCUT2D eigenvalue weighted by molar-refractivity contribution is 7.91. The minimum absolute atomic E-state index is 0.106. The maximum atomic E-state index is 11.6. The van der Waals surface area contributed by atoms with Gasteiger partial charge in [0, 0.05) is 10.9 Å². The molecule has 0 radical (unpaired) electrons. The highest BCUT2D eigenvalue weighted by atomic mass is 32.2. The molecule has 5 heteroatoms. The topological polar surface area (TPSA) is 60.2 Å². The Kier molecular flexibility index (Phi) is 4.76. The zero-order valence-corrected chi connectivity index (χ0v) is 10.5. The van der Waals surface area contributed by atoms with Gasteiger partial charge in [-0.3, -0.25) is 0 Å². The van der Waals surface area contributed by atoms with Gasteiger partial charge in [-0.15, -0.1) is 11.3 Å². The maximum absolute atomic E-state index is 11.6. The van der Waals surface area contributed by atoms with Gasteiger partial charge in [0.15, 0.2) is 9.84 Å². The zero-order chi connectivity index (χ0) is 11.3. The summed E-state index contributed by atoms with van der Waals surface area (Å²) in [5.74, 6) is 0.316. The summed E-state index contributed by atoms with van der Waals surface area (Å²) >= 11 is 1.59. The fourth-order valence-corrected chi connectivity index (χ4v) is 3.66. The minimum Gasteiger partial charge on any atom is -0.327 e. The quantitative estimate of drug-likeness (QED) is 0.827. The van der Waals surface area contributed by atoms with Crippen LogP contribution in [0.1, 0.15) is 18.2 Å². The molecule has 0 bridgehead atoms. The lowest BCUT2D eigenvalue weighted by Gasteiger charge is -2.08. The number of rotatable bonds is 6. The lowest BCUT2D eigenvalue weighted by atomic mass is 10.3. The van der Waals surface area contributed by atoms with Crippen molar-refractivity contribution in [1.29, 1.82) is 0 Å². The van der Waals surface area contributed by atoms with Gasteiger partial charge in [-0.1, -0.05) is 13.0 Å². The van der Waals surface area contributed by atoms with Crippen molar-refractivity contribution in [3.05, 3.63) is 22.4 Å². The van der Waals surface area contributed by atoms with Gasteiger partial charge in [0.1, 0.15) is 0 Å². The largest absolute Gasteiger partial charge is 0.327 e. The fraction of sp³-hybridized carbons (Fsp3) is 0.600. The molecule has 2 N–H and O–H groups in total. The van der Waals surface area contributed by atoms with Crippen molar-refractivity contribution < 1.29 is 8.42 Å². The molecule has 1 rings (SSSR count). The summed E-state index contributed by atoms with van der Waals surface area (Å²) < 4.78 is 23.2. The molecule has 0 aromatic carbocycles. The van der Waals surface area contributed by atoms with Crippen LogP contribution in [0.3, 0.4) is 0 Å². The predicted molar refractivity (Wildman–Crippen MR) is 64.9 cm³/mol. The van der Waals surface area contributed by atoms with Gasteiger partial charge in [-0.2, -0.15) is 0 Å². The second-order valence-electron chi connectivity index (χ2n) is 3.61. The highest BCUT2D eigenvalue weighted by Gasteiger charge is 2.15. The Bertz CT molecular complexity index is 370. The molecule has 0 spiro atoms. The minimum atomic E-state index is -2.99. The van der Waals surface area contributed by atoms with Crippen LogP contribution in [0.2, 0.25) is 0 Å². The summed E-state index contributed by atoms with van der Waals surface area (Å²) in [6.07, 6.45) is 1.31. The summed E-state index contributed by atoms with van der Waals surface area (Å²) in [7, 11) is -2.99. The van der Waals surface area contributed by atoms with Crippen molar-refractivity contribution in [3.8, 4) is 0 Å². The molecular formula is C10H17NO2S2. The lowest BCUT2D eigenvalue weighted by Crippen LogP contribution is -2.30. The molecule has 1 atom stereocenters. The van der Waals surface area contributed by atoms with E-state index >= 15 is 0 Å². The van der Waals surface area contributed by atoms with E-state index in [4.69, 9.17) is 5.73 Å². The van der Waals surface area contributed by atoms with Crippen molar-refractivity contribution in [1.82, 2.24) is 0 Å². The Balaban J connectivity index is 2.43. The van der Waals surface area contributed by atoms with Crippen LogP contribution in [-0.2, 0) is 16.3 Å². The second kappa shape index (κ2) is 5.63. The van der Waals surface area contributed by atoms with Crippen LogP contribution in [0, 0.1) is 0 Å². The third kappa shape index (κ3) is 4.77. The molecule has 0 saturated heterocycles. The smallest absolute Gasteiger partial charge is 0.152 e. The van der Waals surface area contributed by atoms with Gasteiger partial charge >= 0.3 is 0 Å². The molecule has 1 heterocycles. The zero-order valence-electron chi connectivity index (χ0n) is 8.85. The number of thiophene rings is 1. The number of sulfone groups is 1. The first-order chi connectivity index (χ1) is 7.03. The Morgan fingerprint density at radius 3 is 2.80 bits per heavy atom. The van der Waals surface area contributed by atoms with E-state index in [0.717, 1.165) is 4.88 Å². The first kappa shape index (κ1) is 12.7. The lowest BCUT2D eigenvalue weighted by molar-refractivity contribution is 0.583. The van der Waals surface area contributed by atoms with E-state index in [2.05, 4.69) is 0 Å². The fourth-order valence-electron chi connectivity index (χ4n) is 1.24. The molecule has 0 aliphatic carbocycles. The van der Waals surface area contributed by atoms with E-state index in [1.54, 1.807) is 11.3 Å². The number of hydrogen-bond acceptors (Lipinski definition) is 4. The highest BCUT2D eigenvalue weighted by Crippen LogP contribution is 2.10. The van der Waals surface area contributed by atoms with Crippen LogP contribution in [0.5, 0.6) is 0 Å². The first-order valence-electron chi connectivity index (χ1n) is 5.02. The van der Waals surface area contributed by atoms with Gasteiger partial charge in [0.25, 0.3) is 0 Å². The SMILES string of the molecule is CCC(N)CS(=O)(=O)CCc1cccs1.